The maximum atomic E-state index is 12.0. The first-order valence-corrected chi connectivity index (χ1v) is 3.37. The van der Waals surface area contributed by atoms with Gasteiger partial charge in [0.25, 0.3) is 5.82 Å². The molecule has 0 saturated heterocycles. The Balaban J connectivity index is 3.01. The molecule has 7 heteroatoms. The molecule has 0 aliphatic rings. The molecule has 0 aliphatic heterocycles. The first kappa shape index (κ1) is 9.69. The van der Waals surface area contributed by atoms with E-state index in [1.54, 1.807) is 0 Å². The number of carbonyl (C=O) groups excluding carboxylic acids is 1. The van der Waals surface area contributed by atoms with Gasteiger partial charge in [0.05, 0.1) is 6.54 Å². The fourth-order valence-corrected chi connectivity index (χ4v) is 0.784. The first-order chi connectivity index (χ1) is 5.95. The second-order valence-electron chi connectivity index (χ2n) is 2.33. The lowest BCUT2D eigenvalue weighted by Gasteiger charge is -1.97. The molecule has 0 unspecified atom stereocenters. The lowest BCUT2D eigenvalue weighted by atomic mass is 10.6. The predicted octanol–water partition coefficient (Wildman–Crippen LogP) is 0.804. The number of aldehydes is 1. The van der Waals surface area contributed by atoms with Crippen molar-refractivity contribution < 1.29 is 18.0 Å². The lowest BCUT2D eigenvalue weighted by Crippen LogP contribution is -2.09. The summed E-state index contributed by atoms with van der Waals surface area (Å²) in [4.78, 5) is 13.2. The van der Waals surface area contributed by atoms with Crippen molar-refractivity contribution >= 4 is 6.29 Å². The van der Waals surface area contributed by atoms with Crippen LogP contribution in [0.15, 0.2) is 0 Å². The van der Waals surface area contributed by atoms with Crippen molar-refractivity contribution in [2.45, 2.75) is 19.6 Å². The smallest absolute Gasteiger partial charge is 0.301 e. The van der Waals surface area contributed by atoms with Crippen LogP contribution in [-0.4, -0.2) is 21.1 Å². The molecule has 0 saturated carbocycles. The molecule has 0 aliphatic carbocycles. The van der Waals surface area contributed by atoms with Crippen molar-refractivity contribution in [1.29, 1.82) is 0 Å². The molecule has 0 aromatic carbocycles. The van der Waals surface area contributed by atoms with Crippen molar-refractivity contribution in [3.8, 4) is 0 Å². The fourth-order valence-electron chi connectivity index (χ4n) is 0.784. The highest BCUT2D eigenvalue weighted by Gasteiger charge is 2.36. The monoisotopic (exact) mass is 193 g/mol. The molecule has 0 fully saturated rings. The molecular weight excluding hydrogens is 187 g/mol. The molecule has 0 bridgehead atoms. The SMILES string of the molecule is Cc1nc(C(F)(F)F)nn1CC=O. The van der Waals surface area contributed by atoms with Crippen LogP contribution in [0.3, 0.4) is 0 Å². The van der Waals surface area contributed by atoms with E-state index in [1.807, 2.05) is 0 Å². The van der Waals surface area contributed by atoms with Gasteiger partial charge in [0, 0.05) is 0 Å². The molecule has 1 aromatic rings. The summed E-state index contributed by atoms with van der Waals surface area (Å²) in [7, 11) is 0. The average Bonchev–Trinajstić information content (AvgIpc) is 2.32. The highest BCUT2D eigenvalue weighted by Crippen LogP contribution is 2.25. The van der Waals surface area contributed by atoms with Crippen molar-refractivity contribution in [2.24, 2.45) is 0 Å². The zero-order valence-electron chi connectivity index (χ0n) is 6.67. The molecule has 0 spiro atoms. The summed E-state index contributed by atoms with van der Waals surface area (Å²) >= 11 is 0. The van der Waals surface area contributed by atoms with Gasteiger partial charge in [0.1, 0.15) is 12.1 Å². The summed E-state index contributed by atoms with van der Waals surface area (Å²) in [5.41, 5.74) is 0. The molecular formula is C6H6F3N3O. The normalized spacial score (nSPS) is 11.7. The van der Waals surface area contributed by atoms with Gasteiger partial charge < -0.3 is 4.79 Å². The van der Waals surface area contributed by atoms with Gasteiger partial charge in [-0.15, -0.1) is 5.10 Å². The van der Waals surface area contributed by atoms with E-state index in [-0.39, 0.29) is 12.4 Å². The Morgan fingerprint density at radius 3 is 2.54 bits per heavy atom. The third kappa shape index (κ3) is 2.04. The van der Waals surface area contributed by atoms with Gasteiger partial charge in [-0.05, 0) is 6.92 Å². The van der Waals surface area contributed by atoms with E-state index in [2.05, 4.69) is 10.1 Å². The Bertz CT molecular complexity index is 317. The molecule has 13 heavy (non-hydrogen) atoms. The maximum absolute atomic E-state index is 12.0. The lowest BCUT2D eigenvalue weighted by molar-refractivity contribution is -0.145. The molecule has 0 amide bonds. The van der Waals surface area contributed by atoms with Gasteiger partial charge in [-0.3, -0.25) is 0 Å². The second-order valence-corrected chi connectivity index (χ2v) is 2.33. The number of hydrogen-bond donors (Lipinski definition) is 0. The third-order valence-electron chi connectivity index (χ3n) is 1.36. The van der Waals surface area contributed by atoms with Crippen LogP contribution in [0.25, 0.3) is 0 Å². The van der Waals surface area contributed by atoms with E-state index >= 15 is 0 Å². The van der Waals surface area contributed by atoms with Crippen LogP contribution in [-0.2, 0) is 17.5 Å². The number of hydrogen-bond acceptors (Lipinski definition) is 3. The predicted molar refractivity (Wildman–Crippen MR) is 35.8 cm³/mol. The largest absolute Gasteiger partial charge is 0.453 e. The van der Waals surface area contributed by atoms with E-state index in [0.29, 0.717) is 6.29 Å². The highest BCUT2D eigenvalue weighted by atomic mass is 19.4. The van der Waals surface area contributed by atoms with Gasteiger partial charge in [-0.1, -0.05) is 0 Å². The van der Waals surface area contributed by atoms with E-state index in [9.17, 15) is 18.0 Å². The second kappa shape index (κ2) is 3.15. The summed E-state index contributed by atoms with van der Waals surface area (Å²) in [6.45, 7) is 1.14. The minimum Gasteiger partial charge on any atom is -0.301 e. The summed E-state index contributed by atoms with van der Waals surface area (Å²) in [6, 6.07) is 0. The highest BCUT2D eigenvalue weighted by molar-refractivity contribution is 5.48. The number of rotatable bonds is 2. The maximum Gasteiger partial charge on any atom is 0.453 e. The quantitative estimate of drug-likeness (QED) is 0.653. The molecule has 1 aromatic heterocycles. The van der Waals surface area contributed by atoms with Crippen LogP contribution >= 0.6 is 0 Å². The van der Waals surface area contributed by atoms with Gasteiger partial charge >= 0.3 is 6.18 Å². The molecule has 4 nitrogen and oxygen atoms in total. The number of alkyl halides is 3. The summed E-state index contributed by atoms with van der Waals surface area (Å²) in [5.74, 6) is -1.15. The van der Waals surface area contributed by atoms with E-state index in [4.69, 9.17) is 0 Å². The number of aromatic nitrogens is 3. The van der Waals surface area contributed by atoms with Crippen LogP contribution in [0.2, 0.25) is 0 Å². The van der Waals surface area contributed by atoms with Crippen molar-refractivity contribution in [1.82, 2.24) is 14.8 Å². The number of halogens is 3. The van der Waals surface area contributed by atoms with Gasteiger partial charge in [0.15, 0.2) is 0 Å². The van der Waals surface area contributed by atoms with E-state index in [0.717, 1.165) is 4.68 Å². The average molecular weight is 193 g/mol. The van der Waals surface area contributed by atoms with Crippen LogP contribution in [0.4, 0.5) is 13.2 Å². The zero-order chi connectivity index (χ0) is 10.1. The Kier molecular flexibility index (Phi) is 2.35. The molecule has 0 radical (unpaired) electrons. The number of aryl methyl sites for hydroxylation is 1. The summed E-state index contributed by atoms with van der Waals surface area (Å²) < 4.78 is 36.9. The minimum absolute atomic E-state index is 0.0689. The number of nitrogens with zero attached hydrogens (tertiary/aromatic N) is 3. The molecule has 1 rings (SSSR count). The van der Waals surface area contributed by atoms with Gasteiger partial charge in [0.2, 0.25) is 0 Å². The third-order valence-corrected chi connectivity index (χ3v) is 1.36. The Morgan fingerprint density at radius 1 is 1.54 bits per heavy atom. The van der Waals surface area contributed by atoms with Crippen LogP contribution in [0, 0.1) is 6.92 Å². The van der Waals surface area contributed by atoms with Gasteiger partial charge in [-0.2, -0.15) is 13.2 Å². The van der Waals surface area contributed by atoms with Crippen LogP contribution in [0.1, 0.15) is 11.6 Å². The summed E-state index contributed by atoms with van der Waals surface area (Å²) in [6.07, 6.45) is -4.10. The fraction of sp³-hybridized carbons (Fsp3) is 0.500. The Morgan fingerprint density at radius 2 is 2.15 bits per heavy atom. The Labute approximate surface area is 71.4 Å². The van der Waals surface area contributed by atoms with Crippen LogP contribution in [0.5, 0.6) is 0 Å². The molecule has 72 valence electrons. The zero-order valence-corrected chi connectivity index (χ0v) is 6.67. The molecule has 0 atom stereocenters. The first-order valence-electron chi connectivity index (χ1n) is 3.37. The molecule has 0 N–H and O–H groups in total. The summed E-state index contributed by atoms with van der Waals surface area (Å²) in [5, 5.41) is 3.12. The van der Waals surface area contributed by atoms with E-state index < -0.39 is 12.0 Å². The molecule has 1 heterocycles. The van der Waals surface area contributed by atoms with E-state index in [1.165, 1.54) is 6.92 Å². The topological polar surface area (TPSA) is 47.8 Å². The van der Waals surface area contributed by atoms with Gasteiger partial charge in [-0.25, -0.2) is 9.67 Å². The number of carbonyl (C=O) groups is 1. The Hall–Kier alpha value is -1.40. The van der Waals surface area contributed by atoms with Crippen LogP contribution < -0.4 is 0 Å². The standard InChI is InChI=1S/C6H6F3N3O/c1-4-10-5(6(7,8)9)11-12(4)2-3-13/h3H,2H2,1H3. The van der Waals surface area contributed by atoms with Crippen molar-refractivity contribution in [3.05, 3.63) is 11.6 Å². The van der Waals surface area contributed by atoms with Crippen molar-refractivity contribution in [2.75, 3.05) is 0 Å². The minimum atomic E-state index is -4.56. The van der Waals surface area contributed by atoms with Crippen molar-refractivity contribution in [3.63, 3.8) is 0 Å².